The van der Waals surface area contributed by atoms with Gasteiger partial charge in [-0.05, 0) is 81.1 Å². The van der Waals surface area contributed by atoms with Crippen LogP contribution in [-0.4, -0.2) is 18.0 Å². The molecule has 4 heteroatoms. The van der Waals surface area contributed by atoms with Gasteiger partial charge in [0.25, 0.3) is 0 Å². The van der Waals surface area contributed by atoms with Crippen LogP contribution < -0.4 is 0 Å². The lowest BCUT2D eigenvalue weighted by Gasteiger charge is -2.34. The van der Waals surface area contributed by atoms with E-state index in [0.717, 1.165) is 28.3 Å². The number of rotatable bonds is 4. The first-order chi connectivity index (χ1) is 18.7. The summed E-state index contributed by atoms with van der Waals surface area (Å²) in [5, 5.41) is 7.14. The first-order valence-electron chi connectivity index (χ1n) is 12.9. The standard InChI is InChI=1S/C34H24O4/c35-33(23-8-3-1-4-9-23)37-29-19-18-26-27-17-16-22-13-7-12-21-14-15-25(31(27)30(21)22)20-28(26)32(29)38-34(36)24-10-5-2-6-11-24/h1-17,20,29,32H,18-19H2. The molecule has 1 aliphatic rings. The van der Waals surface area contributed by atoms with E-state index in [1.807, 2.05) is 36.4 Å². The molecule has 0 aromatic heterocycles. The van der Waals surface area contributed by atoms with Gasteiger partial charge in [-0.3, -0.25) is 0 Å². The molecule has 2 atom stereocenters. The lowest BCUT2D eigenvalue weighted by molar-refractivity contribution is -0.0435. The van der Waals surface area contributed by atoms with E-state index < -0.39 is 24.1 Å². The zero-order valence-electron chi connectivity index (χ0n) is 20.6. The summed E-state index contributed by atoms with van der Waals surface area (Å²) < 4.78 is 12.2. The van der Waals surface area contributed by atoms with Crippen LogP contribution in [0.25, 0.3) is 32.3 Å². The summed E-state index contributed by atoms with van der Waals surface area (Å²) in [5.41, 5.74) is 2.98. The van der Waals surface area contributed by atoms with Crippen molar-refractivity contribution in [3.05, 3.63) is 131 Å². The number of benzene rings is 6. The van der Waals surface area contributed by atoms with Crippen molar-refractivity contribution in [1.29, 1.82) is 0 Å². The van der Waals surface area contributed by atoms with Crippen LogP contribution in [0, 0.1) is 0 Å². The molecule has 0 fully saturated rings. The Bertz CT molecular complexity index is 1790. The van der Waals surface area contributed by atoms with Crippen LogP contribution in [0.3, 0.4) is 0 Å². The van der Waals surface area contributed by atoms with Gasteiger partial charge in [0.2, 0.25) is 0 Å². The van der Waals surface area contributed by atoms with Crippen LogP contribution in [0.2, 0.25) is 0 Å². The van der Waals surface area contributed by atoms with Gasteiger partial charge in [-0.25, -0.2) is 9.59 Å². The maximum Gasteiger partial charge on any atom is 0.338 e. The number of carbonyl (C=O) groups excluding carboxylic acids is 2. The summed E-state index contributed by atoms with van der Waals surface area (Å²) in [5.74, 6) is -0.855. The van der Waals surface area contributed by atoms with Crippen molar-refractivity contribution >= 4 is 44.3 Å². The van der Waals surface area contributed by atoms with Crippen molar-refractivity contribution in [1.82, 2.24) is 0 Å². The molecule has 0 saturated heterocycles. The van der Waals surface area contributed by atoms with E-state index in [1.54, 1.807) is 24.3 Å². The molecule has 0 aliphatic heterocycles. The first-order valence-corrected chi connectivity index (χ1v) is 12.9. The van der Waals surface area contributed by atoms with Crippen molar-refractivity contribution in [3.63, 3.8) is 0 Å². The molecule has 0 spiro atoms. The highest BCUT2D eigenvalue weighted by Gasteiger charge is 2.37. The third-order valence-electron chi connectivity index (χ3n) is 7.63. The predicted octanol–water partition coefficient (Wildman–Crippen LogP) is 7.65. The maximum absolute atomic E-state index is 13.2. The lowest BCUT2D eigenvalue weighted by Crippen LogP contribution is -2.33. The minimum absolute atomic E-state index is 0.419. The molecule has 6 aromatic carbocycles. The van der Waals surface area contributed by atoms with E-state index in [1.165, 1.54) is 21.5 Å². The molecule has 6 aromatic rings. The van der Waals surface area contributed by atoms with Crippen LogP contribution in [0.4, 0.5) is 0 Å². The number of aryl methyl sites for hydroxylation is 1. The van der Waals surface area contributed by atoms with Crippen LogP contribution in [0.1, 0.15) is 44.4 Å². The maximum atomic E-state index is 13.2. The number of fused-ring (bicyclic) bond motifs is 2. The molecule has 0 radical (unpaired) electrons. The minimum atomic E-state index is -0.721. The fourth-order valence-corrected chi connectivity index (χ4v) is 5.86. The summed E-state index contributed by atoms with van der Waals surface area (Å²) in [4.78, 5) is 26.3. The Morgan fingerprint density at radius 1 is 0.605 bits per heavy atom. The molecule has 0 bridgehead atoms. The Morgan fingerprint density at radius 3 is 1.89 bits per heavy atom. The fourth-order valence-electron chi connectivity index (χ4n) is 5.86. The molecule has 4 nitrogen and oxygen atoms in total. The molecular weight excluding hydrogens is 472 g/mol. The van der Waals surface area contributed by atoms with Crippen LogP contribution in [0.5, 0.6) is 0 Å². The Kier molecular flexibility index (Phi) is 5.33. The smallest absolute Gasteiger partial charge is 0.338 e. The molecular formula is C34H24O4. The molecule has 1 aliphatic carbocycles. The highest BCUT2D eigenvalue weighted by Crippen LogP contribution is 2.44. The summed E-state index contributed by atoms with van der Waals surface area (Å²) in [7, 11) is 0. The summed E-state index contributed by atoms with van der Waals surface area (Å²) in [6.07, 6.45) is -0.0464. The van der Waals surface area contributed by atoms with Gasteiger partial charge in [-0.15, -0.1) is 0 Å². The fraction of sp³-hybridized carbons (Fsp3) is 0.118. The van der Waals surface area contributed by atoms with Gasteiger partial charge in [0, 0.05) is 5.56 Å². The van der Waals surface area contributed by atoms with Gasteiger partial charge in [0.15, 0.2) is 6.10 Å². The number of esters is 2. The molecule has 7 rings (SSSR count). The van der Waals surface area contributed by atoms with Gasteiger partial charge in [-0.2, -0.15) is 0 Å². The van der Waals surface area contributed by atoms with Crippen molar-refractivity contribution in [3.8, 4) is 0 Å². The van der Waals surface area contributed by atoms with Gasteiger partial charge in [0.05, 0.1) is 11.1 Å². The van der Waals surface area contributed by atoms with E-state index in [0.29, 0.717) is 17.5 Å². The molecule has 0 heterocycles. The zero-order valence-corrected chi connectivity index (χ0v) is 20.6. The summed E-state index contributed by atoms with van der Waals surface area (Å²) in [6, 6.07) is 35.0. The molecule has 2 unspecified atom stereocenters. The van der Waals surface area contributed by atoms with E-state index in [-0.39, 0.29) is 0 Å². The Labute approximate surface area is 219 Å². The average Bonchev–Trinajstić information content (AvgIpc) is 2.97. The number of hydrogen-bond donors (Lipinski definition) is 0. The second-order valence-corrected chi connectivity index (χ2v) is 9.84. The highest BCUT2D eigenvalue weighted by atomic mass is 16.6. The van der Waals surface area contributed by atoms with Crippen molar-refractivity contribution in [2.45, 2.75) is 25.0 Å². The van der Waals surface area contributed by atoms with E-state index in [9.17, 15) is 9.59 Å². The quantitative estimate of drug-likeness (QED) is 0.186. The minimum Gasteiger partial charge on any atom is -0.454 e. The van der Waals surface area contributed by atoms with E-state index >= 15 is 0 Å². The van der Waals surface area contributed by atoms with Crippen molar-refractivity contribution in [2.24, 2.45) is 0 Å². The number of hydrogen-bond acceptors (Lipinski definition) is 4. The SMILES string of the molecule is O=C(OC1CCc2c(cc3ccc4cccc5ccc2c3c45)C1OC(=O)c1ccccc1)c1ccccc1. The third kappa shape index (κ3) is 3.69. The molecule has 0 N–H and O–H groups in total. The monoisotopic (exact) mass is 496 g/mol. The van der Waals surface area contributed by atoms with Gasteiger partial charge in [-0.1, -0.05) is 78.9 Å². The number of carbonyl (C=O) groups is 2. The largest absolute Gasteiger partial charge is 0.454 e. The lowest BCUT2D eigenvalue weighted by atomic mass is 9.81. The van der Waals surface area contributed by atoms with Crippen molar-refractivity contribution in [2.75, 3.05) is 0 Å². The van der Waals surface area contributed by atoms with E-state index in [4.69, 9.17) is 9.47 Å². The van der Waals surface area contributed by atoms with Crippen LogP contribution in [0.15, 0.2) is 109 Å². The highest BCUT2D eigenvalue weighted by molar-refractivity contribution is 6.23. The second kappa shape index (κ2) is 9.00. The molecule has 184 valence electrons. The first kappa shape index (κ1) is 22.5. The predicted molar refractivity (Wildman–Crippen MR) is 149 cm³/mol. The van der Waals surface area contributed by atoms with Gasteiger partial charge >= 0.3 is 11.9 Å². The zero-order chi connectivity index (χ0) is 25.6. The van der Waals surface area contributed by atoms with Crippen LogP contribution >= 0.6 is 0 Å². The molecule has 0 amide bonds. The molecule has 0 saturated carbocycles. The van der Waals surface area contributed by atoms with E-state index in [2.05, 4.69) is 48.5 Å². The van der Waals surface area contributed by atoms with Gasteiger partial charge in [0.1, 0.15) is 6.10 Å². The topological polar surface area (TPSA) is 52.6 Å². The second-order valence-electron chi connectivity index (χ2n) is 9.84. The third-order valence-corrected chi connectivity index (χ3v) is 7.63. The Hall–Kier alpha value is -4.70. The Morgan fingerprint density at radius 2 is 1.21 bits per heavy atom. The normalized spacial score (nSPS) is 16.9. The Balaban J connectivity index is 1.36. The van der Waals surface area contributed by atoms with Crippen LogP contribution in [-0.2, 0) is 15.9 Å². The van der Waals surface area contributed by atoms with Crippen molar-refractivity contribution < 1.29 is 19.1 Å². The summed E-state index contributed by atoms with van der Waals surface area (Å²) in [6.45, 7) is 0. The van der Waals surface area contributed by atoms with Gasteiger partial charge < -0.3 is 9.47 Å². The molecule has 38 heavy (non-hydrogen) atoms. The number of ether oxygens (including phenoxy) is 2. The average molecular weight is 497 g/mol. The summed E-state index contributed by atoms with van der Waals surface area (Å²) >= 11 is 0.